The van der Waals surface area contributed by atoms with E-state index in [2.05, 4.69) is 18.7 Å². The molecule has 0 fully saturated rings. The minimum absolute atomic E-state index is 0.754. The number of hydrogen-bond donors (Lipinski definition) is 2. The largest absolute Gasteiger partial charge is 0.502 e. The van der Waals surface area contributed by atoms with Crippen molar-refractivity contribution < 1.29 is 14.8 Å². The van der Waals surface area contributed by atoms with Crippen LogP contribution in [0.2, 0.25) is 0 Å². The van der Waals surface area contributed by atoms with Crippen LogP contribution in [-0.4, -0.2) is 41.5 Å². The van der Waals surface area contributed by atoms with Gasteiger partial charge in [-0.3, -0.25) is 0 Å². The van der Waals surface area contributed by atoms with Gasteiger partial charge in [0.2, 0.25) is 0 Å². The number of thiophene rings is 1. The van der Waals surface area contributed by atoms with Gasteiger partial charge in [-0.2, -0.15) is 0 Å². The number of nitrogens with zero attached hydrogens (tertiary/aromatic N) is 1. The van der Waals surface area contributed by atoms with E-state index in [1.54, 1.807) is 27.7 Å². The van der Waals surface area contributed by atoms with Crippen molar-refractivity contribution in [1.82, 2.24) is 0 Å². The molecule has 2 N–H and O–H groups in total. The van der Waals surface area contributed by atoms with E-state index in [0.29, 0.717) is 0 Å². The zero-order valence-corrected chi connectivity index (χ0v) is 14.1. The Kier molecular flexibility index (Phi) is 5.66. The molecule has 1 aromatic rings. The van der Waals surface area contributed by atoms with Crippen LogP contribution in [0.5, 0.6) is 0 Å². The summed E-state index contributed by atoms with van der Waals surface area (Å²) in [5, 5.41) is 21.4. The average molecular weight is 299 g/mol. The molecule has 0 spiro atoms. The van der Waals surface area contributed by atoms with E-state index in [1.807, 2.05) is 12.1 Å². The maximum absolute atomic E-state index is 10.2. The molecule has 114 valence electrons. The normalized spacial score (nSPS) is 12.6. The molecule has 0 aliphatic rings. The van der Waals surface area contributed by atoms with E-state index in [9.17, 15) is 10.1 Å². The Morgan fingerprint density at radius 2 is 1.75 bits per heavy atom. The summed E-state index contributed by atoms with van der Waals surface area (Å²) in [6, 6.07) is 3.88. The molecule has 0 atom stereocenters. The van der Waals surface area contributed by atoms with Gasteiger partial charge in [0, 0.05) is 17.9 Å². The quantitative estimate of drug-likeness (QED) is 0.755. The van der Waals surface area contributed by atoms with Crippen LogP contribution in [0.4, 0.5) is 5.00 Å². The number of aliphatic hydroxyl groups is 1. The van der Waals surface area contributed by atoms with Crippen molar-refractivity contribution in [3.05, 3.63) is 12.1 Å². The van der Waals surface area contributed by atoms with Crippen molar-refractivity contribution in [2.24, 2.45) is 0 Å². The molecule has 4 nitrogen and oxygen atoms in total. The lowest BCUT2D eigenvalue weighted by molar-refractivity contribution is -0.0981. The van der Waals surface area contributed by atoms with Crippen molar-refractivity contribution in [1.29, 1.82) is 0 Å². The zero-order chi connectivity index (χ0) is 15.6. The molecule has 1 heterocycles. The van der Waals surface area contributed by atoms with Gasteiger partial charge in [-0.15, -0.1) is 11.3 Å². The predicted molar refractivity (Wildman–Crippen MR) is 86.9 cm³/mol. The maximum atomic E-state index is 10.2. The van der Waals surface area contributed by atoms with Gasteiger partial charge < -0.3 is 19.7 Å². The lowest BCUT2D eigenvalue weighted by atomic mass is 9.82. The van der Waals surface area contributed by atoms with Crippen LogP contribution >= 0.6 is 11.3 Å². The van der Waals surface area contributed by atoms with Crippen LogP contribution in [0.25, 0.3) is 0 Å². The van der Waals surface area contributed by atoms with Gasteiger partial charge in [0.1, 0.15) is 0 Å². The summed E-state index contributed by atoms with van der Waals surface area (Å²) in [4.78, 5) is 2.22. The van der Waals surface area contributed by atoms with Gasteiger partial charge in [-0.05, 0) is 53.7 Å². The van der Waals surface area contributed by atoms with E-state index < -0.39 is 18.3 Å². The molecule has 1 rings (SSSR count). The summed E-state index contributed by atoms with van der Waals surface area (Å²) >= 11 is 1.52. The fourth-order valence-corrected chi connectivity index (χ4v) is 2.71. The molecule has 0 radical (unpaired) electrons. The molecule has 0 aromatic carbocycles. The third-order valence-corrected chi connectivity index (χ3v) is 4.99. The number of rotatable bonds is 7. The summed E-state index contributed by atoms with van der Waals surface area (Å²) < 4.78 is 6.40. The van der Waals surface area contributed by atoms with Gasteiger partial charge in [0.05, 0.1) is 16.2 Å². The molecule has 0 unspecified atom stereocenters. The molecule has 0 amide bonds. The summed E-state index contributed by atoms with van der Waals surface area (Å²) in [5.74, 6) is 0. The lowest BCUT2D eigenvalue weighted by Crippen LogP contribution is -2.52. The topological polar surface area (TPSA) is 52.9 Å². The predicted octanol–water partition coefficient (Wildman–Crippen LogP) is 1.85. The molecular formula is C14H26BNO3S. The first-order chi connectivity index (χ1) is 9.12. The van der Waals surface area contributed by atoms with Crippen LogP contribution in [0.1, 0.15) is 41.5 Å². The second-order valence-corrected chi connectivity index (χ2v) is 6.98. The fourth-order valence-electron chi connectivity index (χ4n) is 1.66. The molecule has 0 saturated carbocycles. The molecule has 6 heteroatoms. The van der Waals surface area contributed by atoms with Crippen molar-refractivity contribution in [3.8, 4) is 0 Å². The smallest absolute Gasteiger partial charge is 0.423 e. The van der Waals surface area contributed by atoms with Gasteiger partial charge >= 0.3 is 7.12 Å². The highest BCUT2D eigenvalue weighted by atomic mass is 32.1. The molecule has 1 aromatic heterocycles. The minimum atomic E-state index is -1.03. The monoisotopic (exact) mass is 299 g/mol. The Bertz CT molecular complexity index is 424. The van der Waals surface area contributed by atoms with Crippen LogP contribution in [-0.2, 0) is 4.65 Å². The highest BCUT2D eigenvalue weighted by Gasteiger charge is 2.39. The van der Waals surface area contributed by atoms with Crippen LogP contribution in [0, 0.1) is 0 Å². The van der Waals surface area contributed by atoms with Crippen LogP contribution in [0.15, 0.2) is 12.1 Å². The average Bonchev–Trinajstić information content (AvgIpc) is 2.78. The first kappa shape index (κ1) is 17.5. The Balaban J connectivity index is 2.81. The highest BCUT2D eigenvalue weighted by molar-refractivity contribution is 7.25. The third-order valence-electron chi connectivity index (χ3n) is 3.81. The van der Waals surface area contributed by atoms with Crippen molar-refractivity contribution in [3.63, 3.8) is 0 Å². The van der Waals surface area contributed by atoms with E-state index in [4.69, 9.17) is 4.65 Å². The standard InChI is InChI=1S/C14H26BNO3S/c1-7-16(8-2)12-10-9-11(20-12)15(18)19-14(5,6)13(3,4)17/h9-10,17-18H,7-8H2,1-6H3. The van der Waals surface area contributed by atoms with Gasteiger partial charge in [-0.25, -0.2) is 0 Å². The zero-order valence-electron chi connectivity index (χ0n) is 13.3. The van der Waals surface area contributed by atoms with Crippen LogP contribution in [0.3, 0.4) is 0 Å². The molecule has 20 heavy (non-hydrogen) atoms. The Labute approximate surface area is 126 Å². The van der Waals surface area contributed by atoms with Gasteiger partial charge in [-0.1, -0.05) is 0 Å². The lowest BCUT2D eigenvalue weighted by Gasteiger charge is -2.38. The highest BCUT2D eigenvalue weighted by Crippen LogP contribution is 2.26. The summed E-state index contributed by atoms with van der Waals surface area (Å²) in [7, 11) is -1.02. The fraction of sp³-hybridized carbons (Fsp3) is 0.714. The summed E-state index contributed by atoms with van der Waals surface area (Å²) in [6.45, 7) is 13.0. The first-order valence-corrected chi connectivity index (χ1v) is 7.87. The van der Waals surface area contributed by atoms with Crippen LogP contribution < -0.4 is 9.68 Å². The van der Waals surface area contributed by atoms with E-state index in [-0.39, 0.29) is 0 Å². The summed E-state index contributed by atoms with van der Waals surface area (Å²) in [5.41, 5.74) is -1.88. The summed E-state index contributed by atoms with van der Waals surface area (Å²) in [6.07, 6.45) is 0. The molecule has 0 saturated heterocycles. The van der Waals surface area contributed by atoms with Gasteiger partial charge in [0.25, 0.3) is 0 Å². The van der Waals surface area contributed by atoms with Crippen molar-refractivity contribution in [2.45, 2.75) is 52.7 Å². The molecular weight excluding hydrogens is 273 g/mol. The van der Waals surface area contributed by atoms with E-state index in [0.717, 1.165) is 22.9 Å². The Morgan fingerprint density at radius 3 is 2.20 bits per heavy atom. The second kappa shape index (κ2) is 6.47. The first-order valence-electron chi connectivity index (χ1n) is 7.05. The molecule has 0 aliphatic heterocycles. The SMILES string of the molecule is CCN(CC)c1ccc(B(O)OC(C)(C)C(C)(C)O)s1. The van der Waals surface area contributed by atoms with E-state index in [1.165, 1.54) is 11.3 Å². The van der Waals surface area contributed by atoms with Crippen molar-refractivity contribution in [2.75, 3.05) is 18.0 Å². The molecule has 0 bridgehead atoms. The number of anilines is 1. The van der Waals surface area contributed by atoms with E-state index >= 15 is 0 Å². The minimum Gasteiger partial charge on any atom is -0.423 e. The number of hydrogen-bond acceptors (Lipinski definition) is 5. The van der Waals surface area contributed by atoms with Gasteiger partial charge in [0.15, 0.2) is 0 Å². The third kappa shape index (κ3) is 3.98. The Hall–Kier alpha value is -0.555. The molecule has 0 aliphatic carbocycles. The maximum Gasteiger partial charge on any atom is 0.502 e. The Morgan fingerprint density at radius 1 is 1.20 bits per heavy atom. The second-order valence-electron chi connectivity index (χ2n) is 5.89. The van der Waals surface area contributed by atoms with Crippen molar-refractivity contribution >= 4 is 28.2 Å².